The van der Waals surface area contributed by atoms with E-state index in [4.69, 9.17) is 0 Å². The van der Waals surface area contributed by atoms with Gasteiger partial charge in [0.05, 0.1) is 11.4 Å². The number of amides is 3. The van der Waals surface area contributed by atoms with Gasteiger partial charge in [-0.15, -0.1) is 11.8 Å². The van der Waals surface area contributed by atoms with E-state index in [0.717, 1.165) is 27.8 Å². The van der Waals surface area contributed by atoms with Crippen LogP contribution in [-0.4, -0.2) is 30.0 Å². The van der Waals surface area contributed by atoms with Gasteiger partial charge >= 0.3 is 0 Å². The Labute approximate surface area is 209 Å². The minimum absolute atomic E-state index is 0.112. The molecule has 5 rings (SSSR count). The summed E-state index contributed by atoms with van der Waals surface area (Å²) in [5, 5.41) is 2.92. The minimum Gasteiger partial charge on any atom is -0.350 e. The van der Waals surface area contributed by atoms with Crippen molar-refractivity contribution in [2.45, 2.75) is 32.2 Å². The van der Waals surface area contributed by atoms with Crippen LogP contribution in [0.3, 0.4) is 0 Å². The summed E-state index contributed by atoms with van der Waals surface area (Å²) in [7, 11) is 0. The molecule has 1 N–H and O–H groups in total. The number of carbonyl (C=O) groups excluding carboxylic acids is 3. The van der Waals surface area contributed by atoms with Crippen LogP contribution in [0.25, 0.3) is 0 Å². The molecule has 178 valence electrons. The number of nitrogens with one attached hydrogen (secondary N) is 1. The maximum atomic E-state index is 14.1. The predicted octanol–water partition coefficient (Wildman–Crippen LogP) is 4.21. The van der Waals surface area contributed by atoms with Crippen LogP contribution in [0.1, 0.15) is 27.8 Å². The molecule has 1 atom stereocenters. The van der Waals surface area contributed by atoms with Crippen molar-refractivity contribution in [3.8, 4) is 0 Å². The average Bonchev–Trinajstić information content (AvgIpc) is 3.29. The second kappa shape index (κ2) is 8.89. The maximum absolute atomic E-state index is 14.1. The van der Waals surface area contributed by atoms with E-state index in [0.29, 0.717) is 17.9 Å². The smallest absolute Gasteiger partial charge is 0.269 e. The van der Waals surface area contributed by atoms with Crippen LogP contribution in [-0.2, 0) is 25.8 Å². The largest absolute Gasteiger partial charge is 0.350 e. The van der Waals surface area contributed by atoms with Crippen LogP contribution in [0.4, 0.5) is 11.4 Å². The van der Waals surface area contributed by atoms with Gasteiger partial charge in [-0.1, -0.05) is 54.1 Å². The van der Waals surface area contributed by atoms with E-state index in [1.807, 2.05) is 87.5 Å². The summed E-state index contributed by atoms with van der Waals surface area (Å²) in [6.45, 7) is 6.24. The van der Waals surface area contributed by atoms with E-state index in [1.54, 1.807) is 4.90 Å². The molecule has 0 saturated carbocycles. The molecule has 0 aromatic heterocycles. The Morgan fingerprint density at radius 3 is 2.34 bits per heavy atom. The highest BCUT2D eigenvalue weighted by Gasteiger charge is 2.61. The lowest BCUT2D eigenvalue weighted by atomic mass is 10.0. The number of anilines is 2. The standard InChI is InChI=1S/C28H27N3O3S/c1-18-8-10-21(11-9-18)15-29-25(32)16-30-24-7-5-4-6-23(24)28(27(30)34)31(26(33)17-35-28)22-13-19(2)12-20(3)14-22/h4-14H,15-17H2,1-3H3,(H,29,32)/t28-/m1/s1. The molecule has 2 aliphatic rings. The Kier molecular flexibility index (Phi) is 5.89. The average molecular weight is 486 g/mol. The molecule has 3 amide bonds. The van der Waals surface area contributed by atoms with Gasteiger partial charge in [0.1, 0.15) is 6.54 Å². The number of fused-ring (bicyclic) bond motifs is 2. The van der Waals surface area contributed by atoms with Crippen LogP contribution in [0.15, 0.2) is 66.7 Å². The first-order chi connectivity index (χ1) is 16.8. The number of para-hydroxylation sites is 1. The summed E-state index contributed by atoms with van der Waals surface area (Å²) in [6, 6.07) is 21.3. The Bertz CT molecular complexity index is 1320. The molecular formula is C28H27N3O3S. The van der Waals surface area contributed by atoms with Gasteiger partial charge in [-0.2, -0.15) is 0 Å². The summed E-state index contributed by atoms with van der Waals surface area (Å²) in [6.07, 6.45) is 0. The predicted molar refractivity (Wildman–Crippen MR) is 139 cm³/mol. The highest BCUT2D eigenvalue weighted by molar-refractivity contribution is 8.02. The van der Waals surface area contributed by atoms with Gasteiger partial charge in [0.25, 0.3) is 5.91 Å². The van der Waals surface area contributed by atoms with Gasteiger partial charge in [0, 0.05) is 17.8 Å². The van der Waals surface area contributed by atoms with E-state index >= 15 is 0 Å². The van der Waals surface area contributed by atoms with Crippen molar-refractivity contribution in [3.05, 3.63) is 94.5 Å². The number of carbonyl (C=O) groups is 3. The van der Waals surface area contributed by atoms with Crippen molar-refractivity contribution in [2.24, 2.45) is 0 Å². The molecule has 1 saturated heterocycles. The second-order valence-corrected chi connectivity index (χ2v) is 10.3. The molecule has 0 radical (unpaired) electrons. The van der Waals surface area contributed by atoms with Crippen LogP contribution >= 0.6 is 11.8 Å². The fraction of sp³-hybridized carbons (Fsp3) is 0.250. The SMILES string of the molecule is Cc1ccc(CNC(=O)CN2C(=O)[C@]3(SCC(=O)N3c3cc(C)cc(C)c3)c3ccccc32)cc1. The fourth-order valence-corrected chi connectivity index (χ4v) is 6.26. The van der Waals surface area contributed by atoms with E-state index in [2.05, 4.69) is 5.32 Å². The number of benzene rings is 3. The minimum atomic E-state index is -1.22. The molecule has 3 aromatic carbocycles. The molecule has 2 aliphatic heterocycles. The summed E-state index contributed by atoms with van der Waals surface area (Å²) in [5.74, 6) is -0.438. The van der Waals surface area contributed by atoms with Gasteiger partial charge in [-0.05, 0) is 55.7 Å². The van der Waals surface area contributed by atoms with Crippen LogP contribution < -0.4 is 15.1 Å². The third-order valence-corrected chi connectivity index (χ3v) is 7.83. The van der Waals surface area contributed by atoms with Crippen molar-refractivity contribution in [1.82, 2.24) is 5.32 Å². The van der Waals surface area contributed by atoms with Gasteiger partial charge in [-0.25, -0.2) is 0 Å². The molecule has 1 fully saturated rings. The monoisotopic (exact) mass is 485 g/mol. The second-order valence-electron chi connectivity index (χ2n) is 9.18. The quantitative estimate of drug-likeness (QED) is 0.588. The molecular weight excluding hydrogens is 458 g/mol. The normalized spacial score (nSPS) is 18.9. The van der Waals surface area contributed by atoms with Crippen LogP contribution in [0.5, 0.6) is 0 Å². The van der Waals surface area contributed by atoms with Crippen molar-refractivity contribution in [3.63, 3.8) is 0 Å². The number of hydrogen-bond donors (Lipinski definition) is 1. The Morgan fingerprint density at radius 2 is 1.63 bits per heavy atom. The van der Waals surface area contributed by atoms with Gasteiger partial charge in [-0.3, -0.25) is 24.2 Å². The lowest BCUT2D eigenvalue weighted by molar-refractivity contribution is -0.125. The summed E-state index contributed by atoms with van der Waals surface area (Å²) < 4.78 is 0. The first-order valence-electron chi connectivity index (χ1n) is 11.6. The number of hydrogen-bond acceptors (Lipinski definition) is 4. The molecule has 3 aromatic rings. The van der Waals surface area contributed by atoms with Crippen molar-refractivity contribution in [2.75, 3.05) is 22.1 Å². The zero-order valence-corrected chi connectivity index (χ0v) is 20.8. The van der Waals surface area contributed by atoms with E-state index in [-0.39, 0.29) is 30.0 Å². The molecule has 1 spiro atoms. The molecule has 2 heterocycles. The fourth-order valence-electron chi connectivity index (χ4n) is 4.90. The third-order valence-electron chi connectivity index (χ3n) is 6.44. The van der Waals surface area contributed by atoms with Crippen molar-refractivity contribution < 1.29 is 14.4 Å². The number of aryl methyl sites for hydroxylation is 3. The summed E-state index contributed by atoms with van der Waals surface area (Å²) in [5.41, 5.74) is 6.29. The Morgan fingerprint density at radius 1 is 0.943 bits per heavy atom. The van der Waals surface area contributed by atoms with E-state index < -0.39 is 4.87 Å². The summed E-state index contributed by atoms with van der Waals surface area (Å²) in [4.78, 5) is 42.1. The molecule has 6 nitrogen and oxygen atoms in total. The first kappa shape index (κ1) is 23.2. The van der Waals surface area contributed by atoms with Crippen LogP contribution in [0.2, 0.25) is 0 Å². The lowest BCUT2D eigenvalue weighted by Gasteiger charge is -2.33. The molecule has 0 aliphatic carbocycles. The summed E-state index contributed by atoms with van der Waals surface area (Å²) >= 11 is 1.32. The molecule has 0 bridgehead atoms. The zero-order chi connectivity index (χ0) is 24.7. The number of nitrogens with zero attached hydrogens (tertiary/aromatic N) is 2. The number of rotatable bonds is 5. The number of thioether (sulfide) groups is 1. The molecule has 7 heteroatoms. The van der Waals surface area contributed by atoms with Crippen LogP contribution in [0, 0.1) is 20.8 Å². The van der Waals surface area contributed by atoms with Crippen molar-refractivity contribution in [1.29, 1.82) is 0 Å². The Balaban J connectivity index is 1.46. The van der Waals surface area contributed by atoms with Gasteiger partial charge < -0.3 is 5.32 Å². The maximum Gasteiger partial charge on any atom is 0.269 e. The highest BCUT2D eigenvalue weighted by Crippen LogP contribution is 2.55. The highest BCUT2D eigenvalue weighted by atomic mass is 32.2. The van der Waals surface area contributed by atoms with E-state index in [1.165, 1.54) is 16.7 Å². The van der Waals surface area contributed by atoms with E-state index in [9.17, 15) is 14.4 Å². The zero-order valence-electron chi connectivity index (χ0n) is 20.0. The van der Waals surface area contributed by atoms with Gasteiger partial charge in [0.15, 0.2) is 0 Å². The third kappa shape index (κ3) is 4.00. The molecule has 0 unspecified atom stereocenters. The lowest BCUT2D eigenvalue weighted by Crippen LogP contribution is -2.51. The first-order valence-corrected chi connectivity index (χ1v) is 12.6. The van der Waals surface area contributed by atoms with Gasteiger partial charge in [0.2, 0.25) is 16.7 Å². The molecule has 35 heavy (non-hydrogen) atoms. The topological polar surface area (TPSA) is 69.7 Å². The van der Waals surface area contributed by atoms with Crippen molar-refractivity contribution >= 4 is 40.9 Å². The Hall–Kier alpha value is -3.58.